The molecule has 0 saturated carbocycles. The second kappa shape index (κ2) is 6.99. The molecule has 8 heteroatoms. The maximum atomic E-state index is 5.34. The molecule has 22 heavy (non-hydrogen) atoms. The highest BCUT2D eigenvalue weighted by Crippen LogP contribution is 2.29. The zero-order chi connectivity index (χ0) is 15.5. The summed E-state index contributed by atoms with van der Waals surface area (Å²) < 4.78 is 6.40. The predicted octanol–water partition coefficient (Wildman–Crippen LogP) is 4.21. The molecule has 0 aliphatic rings. The molecule has 0 bridgehead atoms. The number of nitrogens with zero attached hydrogens (tertiary/aromatic N) is 4. The van der Waals surface area contributed by atoms with Crippen LogP contribution < -0.4 is 0 Å². The van der Waals surface area contributed by atoms with Crippen molar-refractivity contribution in [2.24, 2.45) is 0 Å². The maximum absolute atomic E-state index is 5.34. The van der Waals surface area contributed by atoms with Crippen LogP contribution in [-0.4, -0.2) is 27.1 Å². The zero-order valence-corrected chi connectivity index (χ0v) is 15.5. The molecule has 0 aliphatic heterocycles. The predicted molar refractivity (Wildman–Crippen MR) is 92.0 cm³/mol. The van der Waals surface area contributed by atoms with E-state index in [2.05, 4.69) is 42.9 Å². The van der Waals surface area contributed by atoms with Crippen molar-refractivity contribution in [1.82, 2.24) is 20.0 Å². The third kappa shape index (κ3) is 3.81. The molecule has 5 nitrogen and oxygen atoms in total. The van der Waals surface area contributed by atoms with Gasteiger partial charge in [0.25, 0.3) is 0 Å². The van der Waals surface area contributed by atoms with Crippen molar-refractivity contribution in [1.29, 1.82) is 0 Å². The lowest BCUT2D eigenvalue weighted by Gasteiger charge is -2.11. The summed E-state index contributed by atoms with van der Waals surface area (Å²) >= 11 is 6.79. The molecule has 116 valence electrons. The van der Waals surface area contributed by atoms with Gasteiger partial charge in [-0.25, -0.2) is 4.98 Å². The fourth-order valence-corrected chi connectivity index (χ4v) is 4.25. The van der Waals surface area contributed by atoms with E-state index in [4.69, 9.17) is 4.52 Å². The summed E-state index contributed by atoms with van der Waals surface area (Å²) in [6.45, 7) is 3.58. The van der Waals surface area contributed by atoms with Gasteiger partial charge < -0.3 is 4.52 Å². The van der Waals surface area contributed by atoms with E-state index in [1.165, 1.54) is 9.88 Å². The monoisotopic (exact) mass is 398 g/mol. The van der Waals surface area contributed by atoms with Crippen molar-refractivity contribution in [3.05, 3.63) is 37.9 Å². The standard InChI is InChI=1S/C14H15BrN4OS2/c1-3-13-16-6-9(21-13)7-19(2)8-12-17-14(18-20-12)10-4-5-11(15)22-10/h4-6H,3,7-8H2,1-2H3. The smallest absolute Gasteiger partial charge is 0.241 e. The molecule has 0 spiro atoms. The molecule has 0 aromatic carbocycles. The molecule has 0 aliphatic carbocycles. The molecule has 0 saturated heterocycles. The highest BCUT2D eigenvalue weighted by molar-refractivity contribution is 9.11. The second-order valence-electron chi connectivity index (χ2n) is 4.86. The molecule has 0 unspecified atom stereocenters. The summed E-state index contributed by atoms with van der Waals surface area (Å²) in [6, 6.07) is 3.97. The number of aryl methyl sites for hydroxylation is 1. The van der Waals surface area contributed by atoms with Gasteiger partial charge >= 0.3 is 0 Å². The number of aromatic nitrogens is 3. The minimum Gasteiger partial charge on any atom is -0.338 e. The van der Waals surface area contributed by atoms with Crippen LogP contribution in [-0.2, 0) is 19.5 Å². The Labute approximate surface area is 145 Å². The third-order valence-corrected chi connectivity index (χ3v) is 5.74. The summed E-state index contributed by atoms with van der Waals surface area (Å²) in [7, 11) is 2.04. The summed E-state index contributed by atoms with van der Waals surface area (Å²) in [5, 5.41) is 5.22. The molecule has 0 fully saturated rings. The van der Waals surface area contributed by atoms with Gasteiger partial charge in [-0.2, -0.15) is 4.98 Å². The molecule has 3 rings (SSSR count). The maximum Gasteiger partial charge on any atom is 0.241 e. The third-order valence-electron chi connectivity index (χ3n) is 3.00. The summed E-state index contributed by atoms with van der Waals surface area (Å²) in [4.78, 5) is 13.2. The van der Waals surface area contributed by atoms with E-state index in [1.807, 2.05) is 25.4 Å². The minimum absolute atomic E-state index is 0.624. The Morgan fingerprint density at radius 3 is 2.82 bits per heavy atom. The number of hydrogen-bond acceptors (Lipinski definition) is 7. The van der Waals surface area contributed by atoms with Gasteiger partial charge in [0.05, 0.1) is 20.2 Å². The van der Waals surface area contributed by atoms with E-state index in [-0.39, 0.29) is 0 Å². The molecule has 0 atom stereocenters. The van der Waals surface area contributed by atoms with Crippen molar-refractivity contribution in [3.63, 3.8) is 0 Å². The quantitative estimate of drug-likeness (QED) is 0.622. The topological polar surface area (TPSA) is 55.1 Å². The van der Waals surface area contributed by atoms with Gasteiger partial charge in [0.2, 0.25) is 11.7 Å². The van der Waals surface area contributed by atoms with Crippen LogP contribution in [0.1, 0.15) is 22.7 Å². The average Bonchev–Trinajstić information content (AvgIpc) is 3.19. The molecule has 3 aromatic heterocycles. The normalized spacial score (nSPS) is 11.5. The van der Waals surface area contributed by atoms with Gasteiger partial charge in [-0.1, -0.05) is 12.1 Å². The van der Waals surface area contributed by atoms with Crippen molar-refractivity contribution in [2.45, 2.75) is 26.4 Å². The van der Waals surface area contributed by atoms with E-state index < -0.39 is 0 Å². The van der Waals surface area contributed by atoms with Crippen LogP contribution in [0.2, 0.25) is 0 Å². The Hall–Kier alpha value is -1.09. The molecule has 0 amide bonds. The molecule has 0 N–H and O–H groups in total. The Bertz CT molecular complexity index is 751. The van der Waals surface area contributed by atoms with Gasteiger partial charge in [0, 0.05) is 17.6 Å². The number of rotatable bonds is 6. The van der Waals surface area contributed by atoms with Crippen molar-refractivity contribution in [3.8, 4) is 10.7 Å². The van der Waals surface area contributed by atoms with Crippen LogP contribution in [0.3, 0.4) is 0 Å². The number of thiazole rings is 1. The lowest BCUT2D eigenvalue weighted by atomic mass is 10.4. The van der Waals surface area contributed by atoms with Crippen LogP contribution in [0.5, 0.6) is 0 Å². The highest BCUT2D eigenvalue weighted by atomic mass is 79.9. The first-order valence-electron chi connectivity index (χ1n) is 6.84. The van der Waals surface area contributed by atoms with Crippen LogP contribution in [0.25, 0.3) is 10.7 Å². The summed E-state index contributed by atoms with van der Waals surface area (Å²) in [6.07, 6.45) is 2.93. The SMILES string of the molecule is CCc1ncc(CN(C)Cc2nc(-c3ccc(Br)s3)no2)s1. The van der Waals surface area contributed by atoms with Gasteiger partial charge in [-0.15, -0.1) is 22.7 Å². The number of halogens is 1. The Kier molecular flexibility index (Phi) is 5.02. The highest BCUT2D eigenvalue weighted by Gasteiger charge is 2.13. The first-order chi connectivity index (χ1) is 10.6. The van der Waals surface area contributed by atoms with Crippen LogP contribution in [0, 0.1) is 0 Å². The van der Waals surface area contributed by atoms with E-state index in [0.717, 1.165) is 21.6 Å². The van der Waals surface area contributed by atoms with Gasteiger partial charge in [-0.3, -0.25) is 4.90 Å². The second-order valence-corrected chi connectivity index (χ2v) is 8.52. The van der Waals surface area contributed by atoms with E-state index in [1.54, 1.807) is 22.7 Å². The Morgan fingerprint density at radius 1 is 1.27 bits per heavy atom. The Morgan fingerprint density at radius 2 is 2.14 bits per heavy atom. The number of thiophene rings is 1. The molecule has 0 radical (unpaired) electrons. The lowest BCUT2D eigenvalue weighted by molar-refractivity contribution is 0.262. The molecular weight excluding hydrogens is 384 g/mol. The lowest BCUT2D eigenvalue weighted by Crippen LogP contribution is -2.16. The largest absolute Gasteiger partial charge is 0.338 e. The van der Waals surface area contributed by atoms with Crippen LogP contribution in [0.4, 0.5) is 0 Å². The fourth-order valence-electron chi connectivity index (χ4n) is 1.99. The molecule has 3 heterocycles. The molecule has 3 aromatic rings. The van der Waals surface area contributed by atoms with E-state index in [9.17, 15) is 0 Å². The van der Waals surface area contributed by atoms with Crippen molar-refractivity contribution < 1.29 is 4.52 Å². The van der Waals surface area contributed by atoms with Crippen LogP contribution in [0.15, 0.2) is 26.6 Å². The van der Waals surface area contributed by atoms with Crippen LogP contribution >= 0.6 is 38.6 Å². The van der Waals surface area contributed by atoms with E-state index >= 15 is 0 Å². The minimum atomic E-state index is 0.624. The number of hydrogen-bond donors (Lipinski definition) is 0. The van der Waals surface area contributed by atoms with Gasteiger partial charge in [0.1, 0.15) is 0 Å². The first-order valence-corrected chi connectivity index (χ1v) is 9.27. The first kappa shape index (κ1) is 15.8. The van der Waals surface area contributed by atoms with E-state index in [0.29, 0.717) is 18.3 Å². The van der Waals surface area contributed by atoms with Crippen molar-refractivity contribution in [2.75, 3.05) is 7.05 Å². The average molecular weight is 399 g/mol. The molecular formula is C14H15BrN4OS2. The summed E-state index contributed by atoms with van der Waals surface area (Å²) in [5.41, 5.74) is 0. The van der Waals surface area contributed by atoms with Gasteiger partial charge in [-0.05, 0) is 41.5 Å². The summed E-state index contributed by atoms with van der Waals surface area (Å²) in [5.74, 6) is 1.27. The fraction of sp³-hybridized carbons (Fsp3) is 0.357. The van der Waals surface area contributed by atoms with Gasteiger partial charge in [0.15, 0.2) is 0 Å². The Balaban J connectivity index is 1.62. The van der Waals surface area contributed by atoms with Crippen molar-refractivity contribution >= 4 is 38.6 Å². The zero-order valence-electron chi connectivity index (χ0n) is 12.2.